The smallest absolute Gasteiger partial charge is 0.136 e. The summed E-state index contributed by atoms with van der Waals surface area (Å²) in [4.78, 5) is 8.80. The van der Waals surface area contributed by atoms with Crippen LogP contribution in [0.15, 0.2) is 6.07 Å². The molecule has 1 aliphatic rings. The Bertz CT molecular complexity index is 419. The monoisotopic (exact) mass is 250 g/mol. The fourth-order valence-corrected chi connectivity index (χ4v) is 1.96. The average Bonchev–Trinajstić information content (AvgIpc) is 3.12. The SMILES string of the molecule is CCC(C)(CCO)Nc1cc(N)nc(C2CC2)n1. The lowest BCUT2D eigenvalue weighted by Crippen LogP contribution is -2.35. The number of hydrogen-bond acceptors (Lipinski definition) is 5. The zero-order valence-corrected chi connectivity index (χ0v) is 11.1. The quantitative estimate of drug-likeness (QED) is 0.718. The van der Waals surface area contributed by atoms with E-state index >= 15 is 0 Å². The van der Waals surface area contributed by atoms with Gasteiger partial charge in [-0.1, -0.05) is 6.92 Å². The van der Waals surface area contributed by atoms with Crippen molar-refractivity contribution in [3.05, 3.63) is 11.9 Å². The van der Waals surface area contributed by atoms with Crippen molar-refractivity contribution in [2.45, 2.75) is 51.0 Å². The molecular formula is C13H22N4O. The average molecular weight is 250 g/mol. The first-order valence-electron chi connectivity index (χ1n) is 6.60. The van der Waals surface area contributed by atoms with Gasteiger partial charge in [0.1, 0.15) is 17.5 Å². The van der Waals surface area contributed by atoms with Crippen molar-refractivity contribution in [1.82, 2.24) is 9.97 Å². The van der Waals surface area contributed by atoms with Crippen LogP contribution in [-0.2, 0) is 0 Å². The fraction of sp³-hybridized carbons (Fsp3) is 0.692. The first-order valence-corrected chi connectivity index (χ1v) is 6.60. The third kappa shape index (κ3) is 3.10. The molecule has 1 aliphatic carbocycles. The lowest BCUT2D eigenvalue weighted by molar-refractivity contribution is 0.252. The van der Waals surface area contributed by atoms with Crippen LogP contribution in [0.5, 0.6) is 0 Å². The number of nitrogens with zero attached hydrogens (tertiary/aromatic N) is 2. The third-order valence-corrected chi connectivity index (χ3v) is 3.58. The predicted octanol–water partition coefficient (Wildman–Crippen LogP) is 1.90. The Balaban J connectivity index is 2.16. The number of nitrogens with two attached hydrogens (primary N) is 1. The number of aromatic nitrogens is 2. The topological polar surface area (TPSA) is 84.1 Å². The molecule has 0 bridgehead atoms. The molecule has 1 fully saturated rings. The molecule has 5 heteroatoms. The van der Waals surface area contributed by atoms with Gasteiger partial charge in [0.05, 0.1) is 0 Å². The molecule has 0 radical (unpaired) electrons. The lowest BCUT2D eigenvalue weighted by Gasteiger charge is -2.29. The summed E-state index contributed by atoms with van der Waals surface area (Å²) in [6.45, 7) is 4.33. The van der Waals surface area contributed by atoms with Crippen LogP contribution in [0.4, 0.5) is 11.6 Å². The molecular weight excluding hydrogens is 228 g/mol. The van der Waals surface area contributed by atoms with Crippen LogP contribution >= 0.6 is 0 Å². The van der Waals surface area contributed by atoms with Crippen LogP contribution in [0.2, 0.25) is 0 Å². The minimum absolute atomic E-state index is 0.156. The summed E-state index contributed by atoms with van der Waals surface area (Å²) >= 11 is 0. The highest BCUT2D eigenvalue weighted by molar-refractivity contribution is 5.47. The Kier molecular flexibility index (Phi) is 3.71. The minimum atomic E-state index is -0.156. The Morgan fingerprint density at radius 2 is 2.22 bits per heavy atom. The summed E-state index contributed by atoms with van der Waals surface area (Å²) in [5.74, 6) is 2.61. The van der Waals surface area contributed by atoms with Gasteiger partial charge in [-0.3, -0.25) is 0 Å². The lowest BCUT2D eigenvalue weighted by atomic mass is 9.95. The number of anilines is 2. The summed E-state index contributed by atoms with van der Waals surface area (Å²) in [6, 6.07) is 1.76. The first-order chi connectivity index (χ1) is 8.56. The van der Waals surface area contributed by atoms with Crippen LogP contribution in [0.25, 0.3) is 0 Å². The van der Waals surface area contributed by atoms with Crippen molar-refractivity contribution < 1.29 is 5.11 Å². The van der Waals surface area contributed by atoms with Gasteiger partial charge in [0.25, 0.3) is 0 Å². The molecule has 100 valence electrons. The van der Waals surface area contributed by atoms with Crippen molar-refractivity contribution in [3.8, 4) is 0 Å². The summed E-state index contributed by atoms with van der Waals surface area (Å²) in [5.41, 5.74) is 5.66. The van der Waals surface area contributed by atoms with Gasteiger partial charge in [-0.2, -0.15) is 0 Å². The molecule has 1 aromatic heterocycles. The van der Waals surface area contributed by atoms with Crippen molar-refractivity contribution in [2.24, 2.45) is 0 Å². The standard InChI is InChI=1S/C13H22N4O/c1-3-13(2,6-7-18)17-11-8-10(14)15-12(16-11)9-4-5-9/h8-9,18H,3-7H2,1-2H3,(H3,14,15,16,17). The molecule has 4 N–H and O–H groups in total. The van der Waals surface area contributed by atoms with E-state index in [1.54, 1.807) is 6.07 Å². The van der Waals surface area contributed by atoms with Gasteiger partial charge in [-0.25, -0.2) is 9.97 Å². The number of aliphatic hydroxyl groups is 1. The number of nitrogens with one attached hydrogen (secondary N) is 1. The van der Waals surface area contributed by atoms with Crippen LogP contribution in [-0.4, -0.2) is 27.2 Å². The van der Waals surface area contributed by atoms with Gasteiger partial charge in [0, 0.05) is 24.1 Å². The van der Waals surface area contributed by atoms with Crippen LogP contribution in [0.1, 0.15) is 51.3 Å². The molecule has 0 amide bonds. The highest BCUT2D eigenvalue weighted by Crippen LogP contribution is 2.38. The summed E-state index contributed by atoms with van der Waals surface area (Å²) in [7, 11) is 0. The predicted molar refractivity (Wildman–Crippen MR) is 72.4 cm³/mol. The summed E-state index contributed by atoms with van der Waals surface area (Å²) in [6.07, 6.45) is 3.91. The second-order valence-corrected chi connectivity index (χ2v) is 5.32. The van der Waals surface area contributed by atoms with E-state index in [0.29, 0.717) is 18.2 Å². The molecule has 1 heterocycles. The molecule has 18 heavy (non-hydrogen) atoms. The Labute approximate surface area is 108 Å². The van der Waals surface area contributed by atoms with Crippen molar-refractivity contribution >= 4 is 11.6 Å². The maximum Gasteiger partial charge on any atom is 0.136 e. The third-order valence-electron chi connectivity index (χ3n) is 3.58. The molecule has 0 saturated heterocycles. The first kappa shape index (κ1) is 13.1. The maximum atomic E-state index is 9.12. The highest BCUT2D eigenvalue weighted by atomic mass is 16.3. The van der Waals surface area contributed by atoms with Crippen molar-refractivity contribution in [3.63, 3.8) is 0 Å². The minimum Gasteiger partial charge on any atom is -0.396 e. The zero-order chi connectivity index (χ0) is 13.2. The van der Waals surface area contributed by atoms with Crippen LogP contribution < -0.4 is 11.1 Å². The van der Waals surface area contributed by atoms with E-state index < -0.39 is 0 Å². The molecule has 1 atom stereocenters. The van der Waals surface area contributed by atoms with Gasteiger partial charge in [-0.15, -0.1) is 0 Å². The molecule has 0 aromatic carbocycles. The van der Waals surface area contributed by atoms with Gasteiger partial charge in [-0.05, 0) is 32.6 Å². The molecule has 5 nitrogen and oxygen atoms in total. The number of aliphatic hydroxyl groups excluding tert-OH is 1. The second-order valence-electron chi connectivity index (χ2n) is 5.32. The Hall–Kier alpha value is -1.36. The normalized spacial score (nSPS) is 18.4. The van der Waals surface area contributed by atoms with E-state index in [2.05, 4.69) is 29.1 Å². The molecule has 1 aromatic rings. The molecule has 1 unspecified atom stereocenters. The van der Waals surface area contributed by atoms with Crippen LogP contribution in [0, 0.1) is 0 Å². The van der Waals surface area contributed by atoms with Crippen molar-refractivity contribution in [2.75, 3.05) is 17.7 Å². The highest BCUT2D eigenvalue weighted by Gasteiger charge is 2.28. The van der Waals surface area contributed by atoms with E-state index in [4.69, 9.17) is 10.8 Å². The number of hydrogen-bond donors (Lipinski definition) is 3. The molecule has 2 rings (SSSR count). The number of rotatable bonds is 6. The molecule has 1 saturated carbocycles. The van der Waals surface area contributed by atoms with E-state index in [0.717, 1.165) is 30.9 Å². The zero-order valence-electron chi connectivity index (χ0n) is 11.1. The summed E-state index contributed by atoms with van der Waals surface area (Å²) < 4.78 is 0. The van der Waals surface area contributed by atoms with Gasteiger partial charge in [0.15, 0.2) is 0 Å². The van der Waals surface area contributed by atoms with Gasteiger partial charge < -0.3 is 16.2 Å². The number of nitrogen functional groups attached to an aromatic ring is 1. The van der Waals surface area contributed by atoms with Crippen molar-refractivity contribution in [1.29, 1.82) is 0 Å². The summed E-state index contributed by atoms with van der Waals surface area (Å²) in [5, 5.41) is 12.5. The molecule has 0 aliphatic heterocycles. The van der Waals surface area contributed by atoms with Crippen LogP contribution in [0.3, 0.4) is 0 Å². The van der Waals surface area contributed by atoms with E-state index in [1.807, 2.05) is 0 Å². The van der Waals surface area contributed by atoms with Gasteiger partial charge in [0.2, 0.25) is 0 Å². The van der Waals surface area contributed by atoms with E-state index in [9.17, 15) is 0 Å². The van der Waals surface area contributed by atoms with E-state index in [1.165, 1.54) is 0 Å². The Morgan fingerprint density at radius 1 is 1.50 bits per heavy atom. The largest absolute Gasteiger partial charge is 0.396 e. The van der Waals surface area contributed by atoms with Gasteiger partial charge >= 0.3 is 0 Å². The second kappa shape index (κ2) is 5.10. The maximum absolute atomic E-state index is 9.12. The van der Waals surface area contributed by atoms with E-state index in [-0.39, 0.29) is 12.1 Å². The Morgan fingerprint density at radius 3 is 2.78 bits per heavy atom. The fourth-order valence-electron chi connectivity index (χ4n) is 1.96. The molecule has 0 spiro atoms.